The first-order valence-electron chi connectivity index (χ1n) is 19.8. The van der Waals surface area contributed by atoms with E-state index in [0.29, 0.717) is 60.2 Å². The van der Waals surface area contributed by atoms with E-state index in [1.54, 1.807) is 34.0 Å². The molecule has 1 saturated heterocycles. The number of nitrogens with one attached hydrogen (secondary N) is 3. The van der Waals surface area contributed by atoms with E-state index in [1.165, 1.54) is 4.90 Å². The van der Waals surface area contributed by atoms with Crippen LogP contribution in [0.4, 0.5) is 4.79 Å². The first-order chi connectivity index (χ1) is 27.6. The fourth-order valence-electron chi connectivity index (χ4n) is 7.79. The molecule has 3 N–H and O–H groups in total. The maximum absolute atomic E-state index is 14.7. The van der Waals surface area contributed by atoms with Crippen molar-refractivity contribution < 1.29 is 41.8 Å². The number of hydrogen-bond acceptors (Lipinski definition) is 10. The SMILES string of the molecule is C=CC[C@H]1C[C@]1(NC(=O)[C@@H]1C[C@@H]2CN1C(=O)[C@H](C(C)(C)C)NC(=O)OCCCC=Cc1cc3c(cc(-c4ccccc4)nc3cc1OC)O2)C(=O)NS(=O)(=O)C1CC1. The van der Waals surface area contributed by atoms with Crippen molar-refractivity contribution in [3.05, 3.63) is 72.8 Å². The number of carbonyl (C=O) groups is 4. The number of carbonyl (C=O) groups excluding carboxylic acids is 4. The molecule has 3 fully saturated rings. The highest BCUT2D eigenvalue weighted by atomic mass is 32.2. The van der Waals surface area contributed by atoms with E-state index in [-0.39, 0.29) is 26.0 Å². The van der Waals surface area contributed by atoms with Crippen LogP contribution < -0.4 is 24.8 Å². The molecule has 2 aromatic carbocycles. The molecule has 0 radical (unpaired) electrons. The van der Waals surface area contributed by atoms with Gasteiger partial charge in [0.25, 0.3) is 5.91 Å². The Balaban J connectivity index is 1.29. The minimum Gasteiger partial charge on any atom is -0.496 e. The highest BCUT2D eigenvalue weighted by Gasteiger charge is 2.62. The molecule has 0 spiro atoms. The minimum absolute atomic E-state index is 0.0243. The number of hydrogen-bond donors (Lipinski definition) is 3. The van der Waals surface area contributed by atoms with Gasteiger partial charge in [-0.25, -0.2) is 18.2 Å². The van der Waals surface area contributed by atoms with Crippen LogP contribution in [0.1, 0.15) is 71.3 Å². The summed E-state index contributed by atoms with van der Waals surface area (Å²) in [6, 6.07) is 13.0. The Kier molecular flexibility index (Phi) is 11.3. The number of aromatic nitrogens is 1. The molecule has 308 valence electrons. The summed E-state index contributed by atoms with van der Waals surface area (Å²) in [5.74, 6) is -1.32. The largest absolute Gasteiger partial charge is 0.496 e. The van der Waals surface area contributed by atoms with Crippen molar-refractivity contribution in [1.29, 1.82) is 0 Å². The van der Waals surface area contributed by atoms with Gasteiger partial charge in [0.15, 0.2) is 0 Å². The first-order valence-corrected chi connectivity index (χ1v) is 21.3. The zero-order valence-corrected chi connectivity index (χ0v) is 34.1. The van der Waals surface area contributed by atoms with Gasteiger partial charge in [0.05, 0.1) is 36.7 Å². The number of amides is 4. The summed E-state index contributed by atoms with van der Waals surface area (Å²) in [7, 11) is -2.33. The van der Waals surface area contributed by atoms with Gasteiger partial charge < -0.3 is 29.7 Å². The number of nitrogens with zero attached hydrogens (tertiary/aromatic N) is 2. The van der Waals surface area contributed by atoms with E-state index >= 15 is 0 Å². The predicted octanol–water partition coefficient (Wildman–Crippen LogP) is 5.27. The van der Waals surface area contributed by atoms with E-state index in [9.17, 15) is 27.6 Å². The zero-order chi connectivity index (χ0) is 41.4. The van der Waals surface area contributed by atoms with Crippen LogP contribution in [0.25, 0.3) is 28.2 Å². The molecule has 15 heteroatoms. The van der Waals surface area contributed by atoms with Crippen LogP contribution in [-0.4, -0.2) is 91.4 Å². The molecule has 2 aliphatic carbocycles. The Hall–Kier alpha value is -5.44. The second-order valence-electron chi connectivity index (χ2n) is 16.7. The molecule has 1 aromatic heterocycles. The van der Waals surface area contributed by atoms with Crippen LogP contribution in [0.3, 0.4) is 0 Å². The van der Waals surface area contributed by atoms with E-state index < -0.39 is 74.1 Å². The smallest absolute Gasteiger partial charge is 0.407 e. The fourth-order valence-corrected chi connectivity index (χ4v) is 9.16. The maximum atomic E-state index is 14.7. The van der Waals surface area contributed by atoms with Crippen LogP contribution in [0.2, 0.25) is 0 Å². The molecular weight excluding hydrogens is 763 g/mol. The monoisotopic (exact) mass is 813 g/mol. The van der Waals surface area contributed by atoms with Crippen molar-refractivity contribution in [1.82, 2.24) is 25.2 Å². The minimum atomic E-state index is -3.91. The van der Waals surface area contributed by atoms with Gasteiger partial charge >= 0.3 is 6.09 Å². The van der Waals surface area contributed by atoms with Gasteiger partial charge in [0, 0.05) is 35.1 Å². The summed E-state index contributed by atoms with van der Waals surface area (Å²) in [5, 5.41) is 5.67. The Morgan fingerprint density at radius 1 is 1.14 bits per heavy atom. The summed E-state index contributed by atoms with van der Waals surface area (Å²) in [4.78, 5) is 62.5. The average molecular weight is 814 g/mol. The van der Waals surface area contributed by atoms with E-state index in [4.69, 9.17) is 19.2 Å². The van der Waals surface area contributed by atoms with Crippen LogP contribution in [0.15, 0.2) is 67.3 Å². The van der Waals surface area contributed by atoms with Gasteiger partial charge in [-0.15, -0.1) is 6.58 Å². The van der Waals surface area contributed by atoms with Gasteiger partial charge in [0.1, 0.15) is 35.2 Å². The number of methoxy groups -OCH3 is 1. The molecule has 2 saturated carbocycles. The van der Waals surface area contributed by atoms with Crippen molar-refractivity contribution in [3.63, 3.8) is 0 Å². The van der Waals surface area contributed by atoms with Gasteiger partial charge in [-0.1, -0.05) is 69.3 Å². The quantitative estimate of drug-likeness (QED) is 0.241. The van der Waals surface area contributed by atoms with Crippen molar-refractivity contribution in [2.24, 2.45) is 11.3 Å². The standard InChI is InChI=1S/C43H51N5O9S/c1-6-13-28-24-43(28,40(51)47-58(53,54)30-17-18-30)46-38(49)34-21-29-25-48(34)39(50)37(42(2,3)4)45-41(52)56-19-12-8-11-16-27-20-31-33(23-35(27)55-5)44-32(22-36(31)57-29)26-14-9-7-10-15-26/h6-7,9-11,14-16,20,22-23,28-30,34,37H,1,8,12-13,17-19,21,24-25H2,2-5H3,(H,45,52)(H,46,49)(H,47,51)/t28-,29+,34-,37+,43+/m0/s1. The molecule has 5 atom stereocenters. The van der Waals surface area contributed by atoms with Crippen LogP contribution in [-0.2, 0) is 29.1 Å². The molecule has 4 amide bonds. The zero-order valence-electron chi connectivity index (χ0n) is 33.3. The Bertz CT molecular complexity index is 2250. The number of benzene rings is 2. The topological polar surface area (TPSA) is 182 Å². The second kappa shape index (κ2) is 16.1. The maximum Gasteiger partial charge on any atom is 0.407 e. The summed E-state index contributed by atoms with van der Waals surface area (Å²) >= 11 is 0. The third-order valence-electron chi connectivity index (χ3n) is 11.3. The summed E-state index contributed by atoms with van der Waals surface area (Å²) in [6.45, 7) is 9.25. The highest BCUT2D eigenvalue weighted by molar-refractivity contribution is 7.91. The highest BCUT2D eigenvalue weighted by Crippen LogP contribution is 2.47. The third kappa shape index (κ3) is 8.54. The Morgan fingerprint density at radius 2 is 1.90 bits per heavy atom. The number of pyridine rings is 1. The number of cyclic esters (lactones) is 1. The van der Waals surface area contributed by atoms with E-state index in [2.05, 4.69) is 21.9 Å². The van der Waals surface area contributed by atoms with Gasteiger partial charge in [-0.2, -0.15) is 0 Å². The lowest BCUT2D eigenvalue weighted by Gasteiger charge is -2.35. The van der Waals surface area contributed by atoms with E-state index in [0.717, 1.165) is 11.1 Å². The van der Waals surface area contributed by atoms with Gasteiger partial charge in [0.2, 0.25) is 21.8 Å². The lowest BCUT2D eigenvalue weighted by atomic mass is 9.85. The molecule has 3 heterocycles. The number of alkyl carbamates (subject to hydrolysis) is 1. The normalized spacial score (nSPS) is 25.1. The summed E-state index contributed by atoms with van der Waals surface area (Å²) in [6.07, 6.45) is 6.62. The van der Waals surface area contributed by atoms with Crippen molar-refractivity contribution in [3.8, 4) is 22.8 Å². The van der Waals surface area contributed by atoms with E-state index in [1.807, 2.05) is 60.7 Å². The first kappa shape index (κ1) is 40.7. The number of sulfonamides is 1. The predicted molar refractivity (Wildman–Crippen MR) is 218 cm³/mol. The lowest BCUT2D eigenvalue weighted by Crippen LogP contribution is -2.60. The molecule has 2 aliphatic heterocycles. The molecule has 7 rings (SSSR count). The Morgan fingerprint density at radius 3 is 2.59 bits per heavy atom. The third-order valence-corrected chi connectivity index (χ3v) is 13.1. The number of rotatable bonds is 9. The fraction of sp³-hybridized carbons (Fsp3) is 0.465. The Labute approximate surface area is 338 Å². The van der Waals surface area contributed by atoms with Crippen LogP contribution in [0.5, 0.6) is 11.5 Å². The van der Waals surface area contributed by atoms with Crippen LogP contribution in [0, 0.1) is 11.3 Å². The molecule has 3 aromatic rings. The van der Waals surface area contributed by atoms with Crippen LogP contribution >= 0.6 is 0 Å². The lowest BCUT2D eigenvalue weighted by molar-refractivity contribution is -0.142. The van der Waals surface area contributed by atoms with Crippen molar-refractivity contribution >= 4 is 50.8 Å². The summed E-state index contributed by atoms with van der Waals surface area (Å²) < 4.78 is 46.0. The van der Waals surface area contributed by atoms with Crippen molar-refractivity contribution in [2.45, 2.75) is 94.7 Å². The van der Waals surface area contributed by atoms with Crippen molar-refractivity contribution in [2.75, 3.05) is 20.3 Å². The number of fused-ring (bicyclic) bond motifs is 3. The van der Waals surface area contributed by atoms with Gasteiger partial charge in [-0.3, -0.25) is 19.1 Å². The second-order valence-corrected chi connectivity index (χ2v) is 18.6. The van der Waals surface area contributed by atoms with Gasteiger partial charge in [-0.05, 0) is 55.9 Å². The molecule has 58 heavy (non-hydrogen) atoms. The average Bonchev–Trinajstić information content (AvgIpc) is 4.11. The summed E-state index contributed by atoms with van der Waals surface area (Å²) in [5.41, 5.74) is 0.540. The molecule has 14 nitrogen and oxygen atoms in total. The number of allylic oxidation sites excluding steroid dienone is 2. The molecule has 4 bridgehead atoms. The molecular formula is C43H51N5O9S. The number of ether oxygens (including phenoxy) is 3. The molecule has 0 unspecified atom stereocenters. The molecule has 4 aliphatic rings.